The van der Waals surface area contributed by atoms with Crippen molar-refractivity contribution in [3.8, 4) is 0 Å². The van der Waals surface area contributed by atoms with E-state index in [1.54, 1.807) is 6.33 Å². The van der Waals surface area contributed by atoms with E-state index in [0.717, 1.165) is 29.1 Å². The molecule has 0 saturated carbocycles. The molecular weight excluding hydrogens is 304 g/mol. The molecule has 0 amide bonds. The van der Waals surface area contributed by atoms with Crippen LogP contribution in [0.1, 0.15) is 47.0 Å². The van der Waals surface area contributed by atoms with E-state index in [1.807, 2.05) is 0 Å². The highest BCUT2D eigenvalue weighted by Crippen LogP contribution is 2.28. The van der Waals surface area contributed by atoms with Gasteiger partial charge in [-0.15, -0.1) is 0 Å². The van der Waals surface area contributed by atoms with E-state index in [9.17, 15) is 0 Å². The van der Waals surface area contributed by atoms with Crippen LogP contribution < -0.4 is 10.6 Å². The number of anilines is 2. The summed E-state index contributed by atoms with van der Waals surface area (Å²) < 4.78 is 0.918. The summed E-state index contributed by atoms with van der Waals surface area (Å²) in [5.41, 5.74) is 0. The molecule has 0 fully saturated rings. The second-order valence-electron chi connectivity index (χ2n) is 4.82. The number of nitrogens with one attached hydrogen (secondary N) is 2. The lowest BCUT2D eigenvalue weighted by Gasteiger charge is -2.23. The summed E-state index contributed by atoms with van der Waals surface area (Å²) in [5.74, 6) is 2.39. The first kappa shape index (κ1) is 16.2. The monoisotopic (exact) mass is 328 g/mol. The highest BCUT2D eigenvalue weighted by atomic mass is 79.9. The van der Waals surface area contributed by atoms with Gasteiger partial charge in [0.05, 0.1) is 0 Å². The minimum atomic E-state index is 0.403. The predicted octanol–water partition coefficient (Wildman–Crippen LogP) is 4.30. The van der Waals surface area contributed by atoms with Gasteiger partial charge in [-0.3, -0.25) is 0 Å². The van der Waals surface area contributed by atoms with Gasteiger partial charge in [0.25, 0.3) is 0 Å². The van der Waals surface area contributed by atoms with E-state index in [1.165, 1.54) is 12.8 Å². The first-order valence-electron chi connectivity index (χ1n) is 7.14. The zero-order valence-electron chi connectivity index (χ0n) is 12.3. The molecule has 2 N–H and O–H groups in total. The molecular formula is C14H25BrN4. The third-order valence-electron chi connectivity index (χ3n) is 3.45. The quantitative estimate of drug-likeness (QED) is 0.747. The maximum absolute atomic E-state index is 4.33. The summed E-state index contributed by atoms with van der Waals surface area (Å²) in [6.45, 7) is 9.73. The molecule has 0 aliphatic heterocycles. The summed E-state index contributed by atoms with van der Waals surface area (Å²) in [5, 5.41) is 6.79. The van der Waals surface area contributed by atoms with Gasteiger partial charge in [0.1, 0.15) is 22.4 Å². The second kappa shape index (κ2) is 8.35. The highest BCUT2D eigenvalue weighted by molar-refractivity contribution is 9.10. The SMILES string of the molecule is CCCNc1ncnc(NC(C)C(CC)CC)c1Br. The van der Waals surface area contributed by atoms with Crippen LogP contribution in [-0.4, -0.2) is 22.6 Å². The standard InChI is InChI=1S/C14H25BrN4/c1-5-8-16-13-12(15)14(18-9-17-13)19-10(4)11(6-2)7-3/h9-11H,5-8H2,1-4H3,(H2,16,17,18,19). The lowest BCUT2D eigenvalue weighted by Crippen LogP contribution is -2.26. The zero-order chi connectivity index (χ0) is 14.3. The fraction of sp³-hybridized carbons (Fsp3) is 0.714. The molecule has 0 radical (unpaired) electrons. The van der Waals surface area contributed by atoms with Crippen LogP contribution in [0.25, 0.3) is 0 Å². The Bertz CT molecular complexity index is 380. The summed E-state index contributed by atoms with van der Waals surface area (Å²) in [6.07, 6.45) is 5.02. The molecule has 0 aliphatic carbocycles. The molecule has 1 unspecified atom stereocenters. The third-order valence-corrected chi connectivity index (χ3v) is 4.20. The molecule has 1 heterocycles. The van der Waals surface area contributed by atoms with E-state index >= 15 is 0 Å². The third kappa shape index (κ3) is 4.64. The van der Waals surface area contributed by atoms with Crippen molar-refractivity contribution >= 4 is 27.6 Å². The Labute approximate surface area is 124 Å². The van der Waals surface area contributed by atoms with Gasteiger partial charge in [0.2, 0.25) is 0 Å². The Hall–Kier alpha value is -0.840. The van der Waals surface area contributed by atoms with Gasteiger partial charge in [-0.2, -0.15) is 0 Å². The lowest BCUT2D eigenvalue weighted by atomic mass is 9.95. The summed E-state index contributed by atoms with van der Waals surface area (Å²) >= 11 is 3.58. The van der Waals surface area contributed by atoms with Crippen LogP contribution in [0.4, 0.5) is 11.6 Å². The molecule has 1 atom stereocenters. The molecule has 1 aromatic rings. The van der Waals surface area contributed by atoms with Gasteiger partial charge in [-0.25, -0.2) is 9.97 Å². The van der Waals surface area contributed by atoms with Crippen molar-refractivity contribution in [2.45, 2.75) is 53.0 Å². The van der Waals surface area contributed by atoms with Gasteiger partial charge in [0.15, 0.2) is 0 Å². The molecule has 4 nitrogen and oxygen atoms in total. The molecule has 1 aromatic heterocycles. The van der Waals surface area contributed by atoms with Crippen LogP contribution in [0, 0.1) is 5.92 Å². The van der Waals surface area contributed by atoms with Crippen LogP contribution in [0.15, 0.2) is 10.8 Å². The fourth-order valence-electron chi connectivity index (χ4n) is 2.17. The number of aromatic nitrogens is 2. The number of hydrogen-bond donors (Lipinski definition) is 2. The van der Waals surface area contributed by atoms with Gasteiger partial charge in [0, 0.05) is 12.6 Å². The van der Waals surface area contributed by atoms with Crippen LogP contribution >= 0.6 is 15.9 Å². The van der Waals surface area contributed by atoms with E-state index < -0.39 is 0 Å². The van der Waals surface area contributed by atoms with Gasteiger partial charge in [-0.1, -0.05) is 33.6 Å². The minimum absolute atomic E-state index is 0.403. The number of rotatable bonds is 8. The largest absolute Gasteiger partial charge is 0.369 e. The van der Waals surface area contributed by atoms with E-state index in [0.29, 0.717) is 12.0 Å². The topological polar surface area (TPSA) is 49.8 Å². The molecule has 19 heavy (non-hydrogen) atoms. The Morgan fingerprint density at radius 3 is 2.37 bits per heavy atom. The molecule has 0 bridgehead atoms. The van der Waals surface area contributed by atoms with Gasteiger partial charge in [-0.05, 0) is 35.2 Å². The number of nitrogens with zero attached hydrogens (tertiary/aromatic N) is 2. The van der Waals surface area contributed by atoms with Crippen LogP contribution in [0.3, 0.4) is 0 Å². The van der Waals surface area contributed by atoms with Crippen molar-refractivity contribution in [1.29, 1.82) is 0 Å². The normalized spacial score (nSPS) is 12.5. The van der Waals surface area contributed by atoms with Crippen molar-refractivity contribution in [2.24, 2.45) is 5.92 Å². The Balaban J connectivity index is 2.78. The van der Waals surface area contributed by atoms with E-state index in [2.05, 4.69) is 64.2 Å². The Morgan fingerprint density at radius 1 is 1.16 bits per heavy atom. The summed E-state index contributed by atoms with van der Waals surface area (Å²) in [6, 6.07) is 0.403. The second-order valence-corrected chi connectivity index (χ2v) is 5.61. The molecule has 5 heteroatoms. The zero-order valence-corrected chi connectivity index (χ0v) is 13.9. The smallest absolute Gasteiger partial charge is 0.146 e. The fourth-order valence-corrected chi connectivity index (χ4v) is 2.63. The summed E-state index contributed by atoms with van der Waals surface area (Å²) in [7, 11) is 0. The maximum atomic E-state index is 4.33. The average molecular weight is 329 g/mol. The molecule has 0 spiro atoms. The molecule has 108 valence electrons. The Morgan fingerprint density at radius 2 is 1.79 bits per heavy atom. The van der Waals surface area contributed by atoms with E-state index in [-0.39, 0.29) is 0 Å². The summed E-state index contributed by atoms with van der Waals surface area (Å²) in [4.78, 5) is 8.59. The van der Waals surface area contributed by atoms with Crippen molar-refractivity contribution in [3.63, 3.8) is 0 Å². The first-order chi connectivity index (χ1) is 9.13. The van der Waals surface area contributed by atoms with Crippen molar-refractivity contribution in [1.82, 2.24) is 9.97 Å². The molecule has 1 rings (SSSR count). The van der Waals surface area contributed by atoms with Crippen LogP contribution in [-0.2, 0) is 0 Å². The Kier molecular flexibility index (Phi) is 7.13. The van der Waals surface area contributed by atoms with Crippen molar-refractivity contribution in [3.05, 3.63) is 10.8 Å². The number of hydrogen-bond acceptors (Lipinski definition) is 4. The maximum Gasteiger partial charge on any atom is 0.146 e. The minimum Gasteiger partial charge on any atom is -0.369 e. The van der Waals surface area contributed by atoms with Crippen molar-refractivity contribution < 1.29 is 0 Å². The van der Waals surface area contributed by atoms with E-state index in [4.69, 9.17) is 0 Å². The highest BCUT2D eigenvalue weighted by Gasteiger charge is 2.16. The molecule has 0 saturated heterocycles. The van der Waals surface area contributed by atoms with Crippen LogP contribution in [0.5, 0.6) is 0 Å². The number of halogens is 1. The lowest BCUT2D eigenvalue weighted by molar-refractivity contribution is 0.437. The van der Waals surface area contributed by atoms with Gasteiger partial charge < -0.3 is 10.6 Å². The molecule has 0 aromatic carbocycles. The predicted molar refractivity (Wildman–Crippen MR) is 85.7 cm³/mol. The van der Waals surface area contributed by atoms with Crippen LogP contribution in [0.2, 0.25) is 0 Å². The molecule has 0 aliphatic rings. The average Bonchev–Trinajstić information content (AvgIpc) is 2.41. The van der Waals surface area contributed by atoms with Gasteiger partial charge >= 0.3 is 0 Å². The first-order valence-corrected chi connectivity index (χ1v) is 7.94. The van der Waals surface area contributed by atoms with Crippen molar-refractivity contribution in [2.75, 3.05) is 17.2 Å².